The van der Waals surface area contributed by atoms with Crippen LogP contribution in [0.25, 0.3) is 11.1 Å². The number of hydrogen-bond donors (Lipinski definition) is 2. The van der Waals surface area contributed by atoms with Gasteiger partial charge in [-0.2, -0.15) is 10.5 Å². The van der Waals surface area contributed by atoms with E-state index < -0.39 is 11.4 Å². The lowest BCUT2D eigenvalue weighted by Crippen LogP contribution is -3.11. The summed E-state index contributed by atoms with van der Waals surface area (Å²) in [5.41, 5.74) is -0.839. The molecule has 2 N–H and O–H groups in total. The van der Waals surface area contributed by atoms with Crippen molar-refractivity contribution in [2.75, 3.05) is 26.7 Å². The molecule has 1 aromatic carbocycles. The molecule has 0 atom stereocenters. The van der Waals surface area contributed by atoms with Crippen LogP contribution >= 0.6 is 0 Å². The van der Waals surface area contributed by atoms with E-state index in [0.29, 0.717) is 11.3 Å². The van der Waals surface area contributed by atoms with Crippen molar-refractivity contribution < 1.29 is 14.7 Å². The molecule has 0 saturated heterocycles. The second kappa shape index (κ2) is 10.6. The Morgan fingerprint density at radius 2 is 1.56 bits per heavy atom. The molecular weight excluding hydrogens is 344 g/mol. The highest BCUT2D eigenvalue weighted by atomic mass is 16.5. The smallest absolute Gasteiger partial charge is 0.266 e. The van der Waals surface area contributed by atoms with Crippen molar-refractivity contribution in [3.63, 3.8) is 0 Å². The number of nitriles is 2. The van der Waals surface area contributed by atoms with Crippen LogP contribution in [0.5, 0.6) is 11.6 Å². The Bertz CT molecular complexity index is 880. The Balaban J connectivity index is 0.000000445. The summed E-state index contributed by atoms with van der Waals surface area (Å²) in [4.78, 5) is 15.3. The van der Waals surface area contributed by atoms with Gasteiger partial charge in [-0.15, -0.1) is 0 Å². The number of methoxy groups -OCH3 is 1. The molecule has 0 unspecified atom stereocenters. The summed E-state index contributed by atoms with van der Waals surface area (Å²) in [5, 5.41) is 29.8. The summed E-state index contributed by atoms with van der Waals surface area (Å²) in [6.07, 6.45) is 0. The van der Waals surface area contributed by atoms with Gasteiger partial charge in [0.1, 0.15) is 23.5 Å². The number of benzene rings is 1. The van der Waals surface area contributed by atoms with E-state index in [4.69, 9.17) is 15.3 Å². The van der Waals surface area contributed by atoms with Gasteiger partial charge in [-0.25, -0.2) is 0 Å². The summed E-state index contributed by atoms with van der Waals surface area (Å²) in [7, 11) is 1.50. The van der Waals surface area contributed by atoms with Crippen LogP contribution in [0.2, 0.25) is 0 Å². The Morgan fingerprint density at radius 3 is 1.93 bits per heavy atom. The number of nitrogens with zero attached hydrogens (tertiary/aromatic N) is 2. The minimum atomic E-state index is -0.803. The fraction of sp³-hybridized carbons (Fsp3) is 0.350. The van der Waals surface area contributed by atoms with Gasteiger partial charge in [0, 0.05) is 5.56 Å². The highest BCUT2D eigenvalue weighted by Gasteiger charge is 2.15. The number of hydrogen-bond acceptors (Lipinski definition) is 5. The second-order valence-electron chi connectivity index (χ2n) is 5.67. The van der Waals surface area contributed by atoms with Crippen LogP contribution in [0.1, 0.15) is 31.9 Å². The molecular formula is C20H24N4O3. The van der Waals surface area contributed by atoms with E-state index in [1.807, 2.05) is 4.98 Å². The van der Waals surface area contributed by atoms with E-state index in [1.165, 1.54) is 26.7 Å². The predicted octanol–water partition coefficient (Wildman–Crippen LogP) is 0.798. The zero-order valence-electron chi connectivity index (χ0n) is 16.0. The van der Waals surface area contributed by atoms with Crippen molar-refractivity contribution in [2.24, 2.45) is 0 Å². The van der Waals surface area contributed by atoms with Gasteiger partial charge in [0.25, 0.3) is 5.56 Å². The van der Waals surface area contributed by atoms with Crippen molar-refractivity contribution in [1.29, 1.82) is 10.5 Å². The Kier molecular flexibility index (Phi) is 8.58. The number of rotatable bonds is 5. The molecule has 0 fully saturated rings. The van der Waals surface area contributed by atoms with Crippen LogP contribution in [-0.4, -0.2) is 31.7 Å². The molecule has 0 aliphatic heterocycles. The predicted molar refractivity (Wildman–Crippen MR) is 101 cm³/mol. The molecule has 1 aromatic heterocycles. The van der Waals surface area contributed by atoms with Crippen LogP contribution in [0.4, 0.5) is 0 Å². The maximum Gasteiger partial charge on any atom is 0.266 e. The van der Waals surface area contributed by atoms with Gasteiger partial charge in [-0.05, 0) is 44.3 Å². The van der Waals surface area contributed by atoms with Crippen molar-refractivity contribution >= 4 is 0 Å². The van der Waals surface area contributed by atoms with Crippen molar-refractivity contribution in [1.82, 2.24) is 4.98 Å². The molecule has 2 rings (SSSR count). The monoisotopic (exact) mass is 368 g/mol. The summed E-state index contributed by atoms with van der Waals surface area (Å²) in [6.45, 7) is 10.5. The fourth-order valence-corrected chi connectivity index (χ4v) is 2.59. The number of quaternary nitrogens is 1. The van der Waals surface area contributed by atoms with Crippen molar-refractivity contribution in [3.8, 4) is 34.9 Å². The standard InChI is InChI=1S/C14H9N3O3.C6H15N/c1-20-9-4-2-8(3-5-9)12-10(6-15)13(18)17-14(19)11(12)7-16;1-4-7(5-2)6-3/h2-5H,1H3,(H2,17,18,19);4-6H2,1-3H3. The quantitative estimate of drug-likeness (QED) is 0.809. The van der Waals surface area contributed by atoms with Crippen molar-refractivity contribution in [2.45, 2.75) is 20.8 Å². The van der Waals surface area contributed by atoms with E-state index in [2.05, 4.69) is 20.8 Å². The average molecular weight is 368 g/mol. The van der Waals surface area contributed by atoms with E-state index in [-0.39, 0.29) is 16.7 Å². The molecule has 142 valence electrons. The van der Waals surface area contributed by atoms with Gasteiger partial charge in [0.2, 0.25) is 0 Å². The number of H-pyrrole nitrogens is 1. The molecule has 0 amide bonds. The molecule has 0 aliphatic rings. The first-order valence-corrected chi connectivity index (χ1v) is 8.72. The van der Waals surface area contributed by atoms with Gasteiger partial charge in [0.05, 0.1) is 32.3 Å². The summed E-state index contributed by atoms with van der Waals surface area (Å²) < 4.78 is 5.01. The summed E-state index contributed by atoms with van der Waals surface area (Å²) in [5.74, 6) is -0.222. The first-order chi connectivity index (χ1) is 13.0. The normalized spacial score (nSPS) is 9.74. The highest BCUT2D eigenvalue weighted by Crippen LogP contribution is 2.29. The lowest BCUT2D eigenvalue weighted by atomic mass is 9.97. The fourth-order valence-electron chi connectivity index (χ4n) is 2.59. The van der Waals surface area contributed by atoms with E-state index in [9.17, 15) is 9.90 Å². The first-order valence-electron chi connectivity index (χ1n) is 8.72. The zero-order valence-corrected chi connectivity index (χ0v) is 16.0. The molecule has 0 spiro atoms. The number of nitrogens with one attached hydrogen (secondary N) is 2. The Labute approximate surface area is 159 Å². The number of aromatic amines is 1. The molecule has 7 nitrogen and oxygen atoms in total. The molecule has 2 aromatic rings. The number of ether oxygens (including phenoxy) is 1. The molecule has 0 aliphatic carbocycles. The minimum Gasteiger partial charge on any atom is -0.859 e. The number of aromatic nitrogens is 1. The SMILES string of the molecule is CC[NH+](CC)CC.COc1ccc(-c2c(C#N)c([O-])[nH]c(=O)c2C#N)cc1. The van der Waals surface area contributed by atoms with Gasteiger partial charge in [-0.3, -0.25) is 4.79 Å². The third kappa shape index (κ3) is 5.34. The molecule has 0 saturated carbocycles. The van der Waals surface area contributed by atoms with Gasteiger partial charge < -0.3 is 19.7 Å². The Morgan fingerprint density at radius 1 is 1.04 bits per heavy atom. The third-order valence-corrected chi connectivity index (χ3v) is 4.28. The minimum absolute atomic E-state index is 0.0476. The first kappa shape index (κ1) is 21.8. The maximum atomic E-state index is 11.6. The summed E-state index contributed by atoms with van der Waals surface area (Å²) >= 11 is 0. The Hall–Kier alpha value is -3.29. The van der Waals surface area contributed by atoms with Crippen LogP contribution in [-0.2, 0) is 0 Å². The lowest BCUT2D eigenvalue weighted by molar-refractivity contribution is -0.894. The van der Waals surface area contributed by atoms with Gasteiger partial charge in [-0.1, -0.05) is 12.1 Å². The molecule has 0 radical (unpaired) electrons. The van der Waals surface area contributed by atoms with Crippen molar-refractivity contribution in [3.05, 3.63) is 45.7 Å². The molecule has 0 bridgehead atoms. The average Bonchev–Trinajstić information content (AvgIpc) is 2.69. The van der Waals surface area contributed by atoms with Gasteiger partial charge in [0.15, 0.2) is 0 Å². The van der Waals surface area contributed by atoms with Crippen LogP contribution in [0.15, 0.2) is 29.1 Å². The third-order valence-electron chi connectivity index (χ3n) is 4.28. The zero-order chi connectivity index (χ0) is 20.4. The summed E-state index contributed by atoms with van der Waals surface area (Å²) in [6, 6.07) is 9.84. The van der Waals surface area contributed by atoms with E-state index in [0.717, 1.165) is 0 Å². The maximum absolute atomic E-state index is 11.6. The van der Waals surface area contributed by atoms with E-state index >= 15 is 0 Å². The van der Waals surface area contributed by atoms with E-state index in [1.54, 1.807) is 41.3 Å². The highest BCUT2D eigenvalue weighted by molar-refractivity contribution is 5.77. The van der Waals surface area contributed by atoms with Gasteiger partial charge >= 0.3 is 0 Å². The largest absolute Gasteiger partial charge is 0.859 e. The number of pyridine rings is 1. The lowest BCUT2D eigenvalue weighted by Gasteiger charge is -2.14. The molecule has 7 heteroatoms. The topological polar surface area (TPSA) is 117 Å². The second-order valence-corrected chi connectivity index (χ2v) is 5.67. The van der Waals surface area contributed by atoms with Crippen LogP contribution < -0.4 is 20.3 Å². The molecule has 1 heterocycles. The van der Waals surface area contributed by atoms with Crippen LogP contribution in [0, 0.1) is 22.7 Å². The van der Waals surface area contributed by atoms with Crippen LogP contribution in [0.3, 0.4) is 0 Å². The molecule has 27 heavy (non-hydrogen) atoms.